The van der Waals surface area contributed by atoms with E-state index >= 15 is 0 Å². The second-order valence-corrected chi connectivity index (χ2v) is 5.51. The Bertz CT molecular complexity index is 427. The van der Waals surface area contributed by atoms with Crippen molar-refractivity contribution in [2.75, 3.05) is 11.6 Å². The predicted octanol–water partition coefficient (Wildman–Crippen LogP) is 1.96. The van der Waals surface area contributed by atoms with Crippen LogP contribution in [-0.2, 0) is 11.2 Å². The minimum Gasteiger partial charge on any atom is -0.352 e. The zero-order valence-corrected chi connectivity index (χ0v) is 12.3. The number of hydrogen-bond acceptors (Lipinski definition) is 3. The molecule has 0 spiro atoms. The summed E-state index contributed by atoms with van der Waals surface area (Å²) in [6.45, 7) is 1.90. The fourth-order valence-electron chi connectivity index (χ4n) is 1.95. The van der Waals surface area contributed by atoms with Crippen molar-refractivity contribution in [2.45, 2.75) is 25.4 Å². The number of nitrogens with one attached hydrogen (secondary N) is 2. The molecule has 0 aliphatic carbocycles. The minimum absolute atomic E-state index is 0. The number of rotatable bonds is 4. The first-order valence-corrected chi connectivity index (χ1v) is 7.17. The van der Waals surface area contributed by atoms with Crippen LogP contribution in [0.25, 0.3) is 0 Å². The van der Waals surface area contributed by atoms with Gasteiger partial charge in [-0.2, -0.15) is 0 Å². The molecule has 1 aromatic rings. The van der Waals surface area contributed by atoms with Gasteiger partial charge in [-0.05, 0) is 25.0 Å². The van der Waals surface area contributed by atoms with Crippen LogP contribution in [0, 0.1) is 5.82 Å². The first-order chi connectivity index (χ1) is 8.66. The second kappa shape index (κ2) is 7.72. The summed E-state index contributed by atoms with van der Waals surface area (Å²) >= 11 is 1.71. The predicted molar refractivity (Wildman–Crippen MR) is 79.2 cm³/mol. The molecule has 1 heterocycles. The smallest absolute Gasteiger partial charge is 0.238 e. The summed E-state index contributed by atoms with van der Waals surface area (Å²) in [5.74, 6) is 1.41. The summed E-state index contributed by atoms with van der Waals surface area (Å²) in [4.78, 5) is 11.9. The summed E-state index contributed by atoms with van der Waals surface area (Å²) in [5, 5.41) is 6.03. The number of carbonyl (C=O) groups is 1. The van der Waals surface area contributed by atoms with Gasteiger partial charge in [0, 0.05) is 17.7 Å². The van der Waals surface area contributed by atoms with Crippen molar-refractivity contribution >= 4 is 30.1 Å². The topological polar surface area (TPSA) is 41.1 Å². The van der Waals surface area contributed by atoms with E-state index in [1.165, 1.54) is 6.07 Å². The molecule has 0 aromatic heterocycles. The van der Waals surface area contributed by atoms with Crippen molar-refractivity contribution in [1.29, 1.82) is 0 Å². The van der Waals surface area contributed by atoms with Gasteiger partial charge in [0.25, 0.3) is 0 Å². The van der Waals surface area contributed by atoms with Gasteiger partial charge in [-0.25, -0.2) is 4.39 Å². The maximum Gasteiger partial charge on any atom is 0.238 e. The molecular weight excluding hydrogens is 287 g/mol. The summed E-state index contributed by atoms with van der Waals surface area (Å²) in [7, 11) is 0. The van der Waals surface area contributed by atoms with Crippen LogP contribution >= 0.6 is 24.2 Å². The molecule has 19 heavy (non-hydrogen) atoms. The average Bonchev–Trinajstić information content (AvgIpc) is 2.85. The largest absolute Gasteiger partial charge is 0.352 e. The minimum atomic E-state index is -0.215. The van der Waals surface area contributed by atoms with Crippen molar-refractivity contribution in [1.82, 2.24) is 10.6 Å². The summed E-state index contributed by atoms with van der Waals surface area (Å²) in [6, 6.07) is 6.49. The van der Waals surface area contributed by atoms with Crippen molar-refractivity contribution in [3.8, 4) is 0 Å². The Morgan fingerprint density at radius 3 is 2.95 bits per heavy atom. The lowest BCUT2D eigenvalue weighted by molar-refractivity contribution is -0.123. The molecule has 0 radical (unpaired) electrons. The molecular formula is C13H18ClFN2OS. The lowest BCUT2D eigenvalue weighted by Crippen LogP contribution is -2.46. The Kier molecular flexibility index (Phi) is 6.62. The summed E-state index contributed by atoms with van der Waals surface area (Å²) in [6.07, 6.45) is 0.512. The summed E-state index contributed by atoms with van der Waals surface area (Å²) in [5.41, 5.74) is 0.638. The van der Waals surface area contributed by atoms with Crippen molar-refractivity contribution in [3.05, 3.63) is 35.6 Å². The van der Waals surface area contributed by atoms with Gasteiger partial charge in [-0.3, -0.25) is 10.1 Å². The van der Waals surface area contributed by atoms with E-state index in [1.54, 1.807) is 23.9 Å². The Morgan fingerprint density at radius 2 is 2.32 bits per heavy atom. The maximum absolute atomic E-state index is 13.5. The molecule has 3 nitrogen and oxygen atoms in total. The van der Waals surface area contributed by atoms with E-state index in [-0.39, 0.29) is 36.2 Å². The van der Waals surface area contributed by atoms with E-state index in [0.29, 0.717) is 12.0 Å². The normalized spacial score (nSPS) is 19.6. The van der Waals surface area contributed by atoms with Crippen LogP contribution in [0.5, 0.6) is 0 Å². The van der Waals surface area contributed by atoms with Crippen LogP contribution in [0.4, 0.5) is 4.39 Å². The van der Waals surface area contributed by atoms with Crippen LogP contribution in [0.3, 0.4) is 0 Å². The fourth-order valence-corrected chi connectivity index (χ4v) is 2.89. The van der Waals surface area contributed by atoms with Gasteiger partial charge in [-0.1, -0.05) is 18.2 Å². The number of thioether (sulfide) groups is 1. The van der Waals surface area contributed by atoms with E-state index in [1.807, 2.05) is 13.0 Å². The van der Waals surface area contributed by atoms with E-state index in [4.69, 9.17) is 0 Å². The first-order valence-electron chi connectivity index (χ1n) is 6.01. The van der Waals surface area contributed by atoms with Crippen LogP contribution in [-0.4, -0.2) is 29.6 Å². The van der Waals surface area contributed by atoms with Crippen molar-refractivity contribution in [3.63, 3.8) is 0 Å². The second-order valence-electron chi connectivity index (χ2n) is 4.48. The highest BCUT2D eigenvalue weighted by molar-refractivity contribution is 7.99. The van der Waals surface area contributed by atoms with E-state index in [2.05, 4.69) is 10.6 Å². The van der Waals surface area contributed by atoms with E-state index in [0.717, 1.165) is 11.6 Å². The monoisotopic (exact) mass is 304 g/mol. The standard InChI is InChI=1S/C13H17FN2OS.ClH/c1-9(6-10-4-2-3-5-11(10)14)16-13(17)12-7-18-8-15-12;/h2-5,9,12,15H,6-8H2,1H3,(H,16,17);1H. The van der Waals surface area contributed by atoms with E-state index in [9.17, 15) is 9.18 Å². The molecule has 1 aromatic carbocycles. The van der Waals surface area contributed by atoms with Crippen LogP contribution in [0.15, 0.2) is 24.3 Å². The molecule has 2 atom stereocenters. The number of amides is 1. The highest BCUT2D eigenvalue weighted by Crippen LogP contribution is 2.11. The highest BCUT2D eigenvalue weighted by Gasteiger charge is 2.23. The molecule has 0 saturated carbocycles. The fraction of sp³-hybridized carbons (Fsp3) is 0.462. The lowest BCUT2D eigenvalue weighted by Gasteiger charge is -2.17. The lowest BCUT2D eigenvalue weighted by atomic mass is 10.1. The Labute approximate surface area is 123 Å². The van der Waals surface area contributed by atoms with Gasteiger partial charge in [0.2, 0.25) is 5.91 Å². The molecule has 2 rings (SSSR count). The van der Waals surface area contributed by atoms with Crippen LogP contribution < -0.4 is 10.6 Å². The van der Waals surface area contributed by atoms with Crippen molar-refractivity contribution in [2.24, 2.45) is 0 Å². The third-order valence-electron chi connectivity index (χ3n) is 2.91. The number of benzene rings is 1. The highest BCUT2D eigenvalue weighted by atomic mass is 35.5. The van der Waals surface area contributed by atoms with Gasteiger partial charge in [0.05, 0.1) is 6.04 Å². The quantitative estimate of drug-likeness (QED) is 0.893. The van der Waals surface area contributed by atoms with Gasteiger partial charge < -0.3 is 5.32 Å². The summed E-state index contributed by atoms with van der Waals surface area (Å²) < 4.78 is 13.5. The third-order valence-corrected chi connectivity index (χ3v) is 3.85. The third kappa shape index (κ3) is 4.67. The number of carbonyl (C=O) groups excluding carboxylic acids is 1. The molecule has 1 saturated heterocycles. The average molecular weight is 305 g/mol. The molecule has 1 aliphatic rings. The molecule has 6 heteroatoms. The molecule has 2 unspecified atom stereocenters. The number of halogens is 2. The van der Waals surface area contributed by atoms with Gasteiger partial charge in [0.15, 0.2) is 0 Å². The van der Waals surface area contributed by atoms with Crippen LogP contribution in [0.1, 0.15) is 12.5 Å². The van der Waals surface area contributed by atoms with Gasteiger partial charge >= 0.3 is 0 Å². The zero-order chi connectivity index (χ0) is 13.0. The van der Waals surface area contributed by atoms with Gasteiger partial charge in [0.1, 0.15) is 5.82 Å². The zero-order valence-electron chi connectivity index (χ0n) is 10.7. The molecule has 1 amide bonds. The Balaban J connectivity index is 0.00000180. The van der Waals surface area contributed by atoms with Crippen LogP contribution in [0.2, 0.25) is 0 Å². The first kappa shape index (κ1) is 16.3. The van der Waals surface area contributed by atoms with E-state index < -0.39 is 0 Å². The van der Waals surface area contributed by atoms with Gasteiger partial charge in [-0.15, -0.1) is 24.2 Å². The number of hydrogen-bond donors (Lipinski definition) is 2. The molecule has 2 N–H and O–H groups in total. The molecule has 0 bridgehead atoms. The maximum atomic E-state index is 13.5. The molecule has 106 valence electrons. The Hall–Kier alpha value is -0.780. The Morgan fingerprint density at radius 1 is 1.58 bits per heavy atom. The molecule has 1 aliphatic heterocycles. The molecule has 1 fully saturated rings. The van der Waals surface area contributed by atoms with Crippen molar-refractivity contribution < 1.29 is 9.18 Å². The SMILES string of the molecule is CC(Cc1ccccc1F)NC(=O)C1CSCN1.Cl.